The summed E-state index contributed by atoms with van der Waals surface area (Å²) in [7, 11) is 0. The highest BCUT2D eigenvalue weighted by molar-refractivity contribution is 7.20. The van der Waals surface area contributed by atoms with Gasteiger partial charge in [0.25, 0.3) is 0 Å². The van der Waals surface area contributed by atoms with Crippen molar-refractivity contribution in [2.75, 3.05) is 6.61 Å². The first-order chi connectivity index (χ1) is 19.9. The van der Waals surface area contributed by atoms with E-state index >= 15 is 8.78 Å². The quantitative estimate of drug-likeness (QED) is 0.232. The van der Waals surface area contributed by atoms with Crippen molar-refractivity contribution in [1.82, 2.24) is 14.5 Å². The molecule has 1 N–H and O–H groups in total. The molecule has 1 fully saturated rings. The number of nitrogens with zero attached hydrogens (tertiary/aromatic N) is 4. The van der Waals surface area contributed by atoms with Crippen LogP contribution in [-0.4, -0.2) is 38.3 Å². The van der Waals surface area contributed by atoms with E-state index in [9.17, 15) is 9.90 Å². The third kappa shape index (κ3) is 5.52. The molecule has 3 aromatic heterocycles. The van der Waals surface area contributed by atoms with Crippen molar-refractivity contribution >= 4 is 27.7 Å². The number of hydrogen-bond donors (Lipinski definition) is 1. The van der Waals surface area contributed by atoms with E-state index in [4.69, 9.17) is 14.7 Å². The maximum absolute atomic E-state index is 15.4. The summed E-state index contributed by atoms with van der Waals surface area (Å²) < 4.78 is 43.8. The molecule has 1 saturated heterocycles. The van der Waals surface area contributed by atoms with Crippen molar-refractivity contribution in [3.63, 3.8) is 0 Å². The summed E-state index contributed by atoms with van der Waals surface area (Å²) in [5.41, 5.74) is 2.34. The Morgan fingerprint density at radius 1 is 1.15 bits per heavy atom. The van der Waals surface area contributed by atoms with Gasteiger partial charge in [0.05, 0.1) is 35.5 Å². The van der Waals surface area contributed by atoms with Crippen LogP contribution in [0.15, 0.2) is 60.7 Å². The first kappa shape index (κ1) is 26.6. The molecule has 206 valence electrons. The first-order valence-electron chi connectivity index (χ1n) is 12.8. The lowest BCUT2D eigenvalue weighted by atomic mass is 10.0. The van der Waals surface area contributed by atoms with E-state index in [2.05, 4.69) is 16.0 Å². The third-order valence-corrected chi connectivity index (χ3v) is 7.88. The molecular formula is C30H22F2N4O4S. The molecule has 4 heterocycles. The van der Waals surface area contributed by atoms with E-state index in [1.54, 1.807) is 48.5 Å². The Balaban J connectivity index is 1.24. The van der Waals surface area contributed by atoms with Crippen LogP contribution in [0.2, 0.25) is 0 Å². The molecule has 1 atom stereocenters. The van der Waals surface area contributed by atoms with E-state index in [-0.39, 0.29) is 46.7 Å². The molecule has 0 aliphatic carbocycles. The Bertz CT molecular complexity index is 1810. The largest absolute Gasteiger partial charge is 0.477 e. The molecule has 2 aromatic carbocycles. The monoisotopic (exact) mass is 572 g/mol. The summed E-state index contributed by atoms with van der Waals surface area (Å²) in [5, 5.41) is 18.3. The van der Waals surface area contributed by atoms with Gasteiger partial charge in [-0.1, -0.05) is 18.2 Å². The van der Waals surface area contributed by atoms with Crippen LogP contribution in [0.3, 0.4) is 0 Å². The highest BCUT2D eigenvalue weighted by Crippen LogP contribution is 2.31. The fourth-order valence-electron chi connectivity index (χ4n) is 4.61. The lowest BCUT2D eigenvalue weighted by Crippen LogP contribution is -2.31. The number of fused-ring (bicyclic) bond motifs is 1. The fraction of sp³-hybridized carbons (Fsp3) is 0.200. The van der Waals surface area contributed by atoms with Crippen molar-refractivity contribution in [3.8, 4) is 23.2 Å². The molecule has 41 heavy (non-hydrogen) atoms. The molecule has 6 rings (SSSR count). The van der Waals surface area contributed by atoms with Gasteiger partial charge < -0.3 is 19.1 Å². The van der Waals surface area contributed by atoms with Gasteiger partial charge in [0.15, 0.2) is 0 Å². The molecule has 1 aliphatic rings. The Labute approximate surface area is 237 Å². The number of halogens is 2. The summed E-state index contributed by atoms with van der Waals surface area (Å²) in [4.78, 5) is 21.1. The van der Waals surface area contributed by atoms with Crippen molar-refractivity contribution in [2.45, 2.75) is 32.1 Å². The third-order valence-electron chi connectivity index (χ3n) is 6.87. The van der Waals surface area contributed by atoms with Gasteiger partial charge in [-0.3, -0.25) is 0 Å². The molecular weight excluding hydrogens is 550 g/mol. The number of benzene rings is 2. The number of imidazole rings is 1. The number of carboxylic acid groups (broad SMARTS) is 1. The average molecular weight is 573 g/mol. The van der Waals surface area contributed by atoms with E-state index in [1.807, 2.05) is 4.57 Å². The first-order valence-corrected chi connectivity index (χ1v) is 13.6. The molecule has 8 nitrogen and oxygen atoms in total. The van der Waals surface area contributed by atoms with Crippen molar-refractivity contribution < 1.29 is 28.2 Å². The summed E-state index contributed by atoms with van der Waals surface area (Å²) in [6, 6.07) is 17.6. The molecule has 0 saturated carbocycles. The predicted molar refractivity (Wildman–Crippen MR) is 147 cm³/mol. The number of hydrogen-bond acceptors (Lipinski definition) is 7. The average Bonchev–Trinajstić information content (AvgIpc) is 3.50. The van der Waals surface area contributed by atoms with Crippen LogP contribution < -0.4 is 4.74 Å². The SMILES string of the molecule is N#Cc1ccc(COc2cccc(-c3cc(F)c(Cc4nc5sc(C(=O)O)cc5n4C[C@@H]4CCO4)cc3F)n2)cc1. The fourth-order valence-corrected chi connectivity index (χ4v) is 5.50. The minimum absolute atomic E-state index is 0.00614. The van der Waals surface area contributed by atoms with Crippen LogP contribution in [0, 0.1) is 23.0 Å². The van der Waals surface area contributed by atoms with Crippen molar-refractivity contribution in [2.24, 2.45) is 0 Å². The van der Waals surface area contributed by atoms with E-state index in [1.165, 1.54) is 0 Å². The molecule has 1 aliphatic heterocycles. The molecule has 0 unspecified atom stereocenters. The number of carbonyl (C=O) groups is 1. The van der Waals surface area contributed by atoms with Crippen molar-refractivity contribution in [3.05, 3.63) is 99.7 Å². The number of thiophene rings is 1. The van der Waals surface area contributed by atoms with Crippen LogP contribution in [0.25, 0.3) is 21.6 Å². The van der Waals surface area contributed by atoms with Crippen LogP contribution in [0.5, 0.6) is 5.88 Å². The highest BCUT2D eigenvalue weighted by Gasteiger charge is 2.25. The summed E-state index contributed by atoms with van der Waals surface area (Å²) in [6.45, 7) is 1.30. The van der Waals surface area contributed by atoms with Gasteiger partial charge in [0, 0.05) is 24.7 Å². The Hall–Kier alpha value is -4.66. The zero-order valence-corrected chi connectivity index (χ0v) is 22.3. The number of carboxylic acids is 1. The van der Waals surface area contributed by atoms with Gasteiger partial charge >= 0.3 is 5.97 Å². The van der Waals surface area contributed by atoms with Crippen LogP contribution >= 0.6 is 11.3 Å². The predicted octanol–water partition coefficient (Wildman–Crippen LogP) is 5.97. The summed E-state index contributed by atoms with van der Waals surface area (Å²) in [5.74, 6) is -1.55. The Morgan fingerprint density at radius 2 is 1.95 bits per heavy atom. The molecule has 5 aromatic rings. The van der Waals surface area contributed by atoms with Crippen LogP contribution in [0.1, 0.15) is 38.6 Å². The standard InChI is InChI=1S/C30H22F2N4O4S/c31-22-12-21(24-2-1-3-28(34-24)40-16-18-6-4-17(14-33)5-7-18)23(32)10-19(22)11-27-35-29-25(13-26(41-29)30(37)38)36(27)15-20-8-9-39-20/h1-7,10,12-13,20H,8-9,11,15-16H2,(H,37,38)/t20-/m0/s1. The zero-order valence-electron chi connectivity index (χ0n) is 21.5. The zero-order chi connectivity index (χ0) is 28.5. The molecule has 0 amide bonds. The normalized spacial score (nSPS) is 14.5. The lowest BCUT2D eigenvalue weighted by Gasteiger charge is -2.27. The van der Waals surface area contributed by atoms with E-state index < -0.39 is 17.6 Å². The molecule has 0 spiro atoms. The minimum atomic E-state index is -1.04. The number of aromatic nitrogens is 3. The topological polar surface area (TPSA) is 110 Å². The van der Waals surface area contributed by atoms with Gasteiger partial charge in [0.1, 0.15) is 33.8 Å². The van der Waals surface area contributed by atoms with Gasteiger partial charge in [-0.15, -0.1) is 11.3 Å². The number of nitriles is 1. The summed E-state index contributed by atoms with van der Waals surface area (Å²) >= 11 is 1.04. The maximum atomic E-state index is 15.4. The lowest BCUT2D eigenvalue weighted by molar-refractivity contribution is -0.0589. The van der Waals surface area contributed by atoms with E-state index in [0.717, 1.165) is 35.5 Å². The van der Waals surface area contributed by atoms with Gasteiger partial charge in [-0.25, -0.2) is 23.5 Å². The second kappa shape index (κ2) is 11.1. The maximum Gasteiger partial charge on any atom is 0.346 e. The van der Waals surface area contributed by atoms with Gasteiger partial charge in [0.2, 0.25) is 5.88 Å². The van der Waals surface area contributed by atoms with Crippen LogP contribution in [0.4, 0.5) is 8.78 Å². The van der Waals surface area contributed by atoms with Gasteiger partial charge in [-0.05, 0) is 53.9 Å². The smallest absolute Gasteiger partial charge is 0.346 e. The van der Waals surface area contributed by atoms with Gasteiger partial charge in [-0.2, -0.15) is 5.26 Å². The number of rotatable bonds is 9. The minimum Gasteiger partial charge on any atom is -0.477 e. The van der Waals surface area contributed by atoms with E-state index in [0.29, 0.717) is 34.9 Å². The molecule has 11 heteroatoms. The second-order valence-electron chi connectivity index (χ2n) is 9.59. The highest BCUT2D eigenvalue weighted by atomic mass is 32.1. The van der Waals surface area contributed by atoms with Crippen molar-refractivity contribution in [1.29, 1.82) is 5.26 Å². The summed E-state index contributed by atoms with van der Waals surface area (Å²) in [6.07, 6.45) is 0.831. The molecule has 0 bridgehead atoms. The number of pyridine rings is 1. The number of aromatic carboxylic acids is 1. The molecule has 0 radical (unpaired) electrons. The number of ether oxygens (including phenoxy) is 2. The Morgan fingerprint density at radius 3 is 2.66 bits per heavy atom. The Kier molecular flexibility index (Phi) is 7.17. The second-order valence-corrected chi connectivity index (χ2v) is 10.6. The van der Waals surface area contributed by atoms with Crippen LogP contribution in [-0.2, 0) is 24.3 Å².